The Morgan fingerprint density at radius 1 is 1.15 bits per heavy atom. The van der Waals surface area contributed by atoms with Crippen LogP contribution in [-0.4, -0.2) is 35.8 Å². The van der Waals surface area contributed by atoms with Crippen LogP contribution in [-0.2, 0) is 16.0 Å². The normalized spacial score (nSPS) is 17.2. The number of nitrogens with one attached hydrogen (secondary N) is 1. The molecule has 0 aliphatic heterocycles. The van der Waals surface area contributed by atoms with E-state index in [4.69, 9.17) is 42.1 Å². The summed E-state index contributed by atoms with van der Waals surface area (Å²) in [5.41, 5.74) is 16.4. The molecule has 0 amide bonds. The first-order valence-electron chi connectivity index (χ1n) is 11.2. The van der Waals surface area contributed by atoms with Crippen LogP contribution in [0.15, 0.2) is 35.1 Å². The maximum absolute atomic E-state index is 10.5. The Balaban J connectivity index is 0. The lowest BCUT2D eigenvalue weighted by Crippen LogP contribution is -2.74. The molecule has 11 nitrogen and oxygen atoms in total. The van der Waals surface area contributed by atoms with Crippen LogP contribution in [0, 0.1) is 5.92 Å². The van der Waals surface area contributed by atoms with E-state index in [1.807, 2.05) is 23.4 Å². The number of quaternary nitrogens is 1. The van der Waals surface area contributed by atoms with E-state index in [0.29, 0.717) is 16.9 Å². The average Bonchev–Trinajstić information content (AvgIpc) is 2.83. The number of carboxylic acids is 2. The standard InChI is InChI=1S/C18H20ClN3.2C2HF3O2.CH4.H4N4/c19-13-1-2-14-15(9-13)22-16-8-11-5-10(3-4-20)6-12(7-11)17(16)18(14)21;2*3-2(4,5)1(6)7;;1-3-4-2/h1-2,5,9,11-12H,3-4,6-8,20H2,(H2,21,22);2*(H,6,7);1H4;(H2,1,4)(H2,2,3)/p+1. The molecule has 4 rings (SSSR count). The molecule has 0 fully saturated rings. The van der Waals surface area contributed by atoms with Crippen molar-refractivity contribution in [3.8, 4) is 0 Å². The van der Waals surface area contributed by atoms with E-state index in [2.05, 4.69) is 28.7 Å². The van der Waals surface area contributed by atoms with E-state index < -0.39 is 24.3 Å². The molecule has 10 N–H and O–H groups in total. The van der Waals surface area contributed by atoms with Crippen molar-refractivity contribution in [3.05, 3.63) is 46.1 Å². The lowest BCUT2D eigenvalue weighted by molar-refractivity contribution is -0.547. The zero-order valence-electron chi connectivity index (χ0n) is 21.6. The molecule has 2 aliphatic carbocycles. The molecule has 0 saturated carbocycles. The van der Waals surface area contributed by atoms with Gasteiger partial charge in [-0.3, -0.25) is 10.8 Å². The van der Waals surface area contributed by atoms with Crippen molar-refractivity contribution in [2.75, 3.05) is 12.3 Å². The lowest BCUT2D eigenvalue weighted by atomic mass is 9.70. The highest BCUT2D eigenvalue weighted by atomic mass is 35.5. The molecule has 18 heteroatoms. The lowest BCUT2D eigenvalue weighted by Gasteiger charge is -2.35. The smallest absolute Gasteiger partial charge is 0.542 e. The van der Waals surface area contributed by atoms with Gasteiger partial charge in [-0.05, 0) is 49.3 Å². The molecule has 2 unspecified atom stereocenters. The quantitative estimate of drug-likeness (QED) is 0.0984. The van der Waals surface area contributed by atoms with Gasteiger partial charge in [0, 0.05) is 33.8 Å². The van der Waals surface area contributed by atoms with Gasteiger partial charge in [-0.2, -0.15) is 32.2 Å². The molecule has 2 aliphatic rings. The van der Waals surface area contributed by atoms with Gasteiger partial charge in [-0.1, -0.05) is 35.9 Å². The van der Waals surface area contributed by atoms with Gasteiger partial charge in [0.05, 0.1) is 17.3 Å². The molecule has 0 radical (unpaired) electrons. The number of hydrazine groups is 1. The number of benzene rings is 1. The first kappa shape index (κ1) is 37.1. The van der Waals surface area contributed by atoms with Gasteiger partial charge in [0.2, 0.25) is 0 Å². The Kier molecular flexibility index (Phi) is 14.3. The van der Waals surface area contributed by atoms with Gasteiger partial charge in [0.15, 0.2) is 0 Å². The SMILES string of the molecule is C.N/N=[NH+]/N.Nc1c2c(nc3cc(Cl)ccc13)CC1C=C(CC[NH3+])CC2C1.O=C([O-])C(F)(F)F.O=C([O-])C(F)(F)F.[H+]. The van der Waals surface area contributed by atoms with E-state index >= 15 is 0 Å². The minimum atomic E-state index is -5.19. The predicted molar refractivity (Wildman–Crippen MR) is 133 cm³/mol. The Hall–Kier alpha value is -3.86. The van der Waals surface area contributed by atoms with Gasteiger partial charge >= 0.3 is 13.8 Å². The minimum absolute atomic E-state index is 0. The second-order valence-corrected chi connectivity index (χ2v) is 8.84. The molecule has 1 heterocycles. The third-order valence-electron chi connectivity index (χ3n) is 5.57. The number of alkyl halides is 6. The molecule has 1 aromatic carbocycles. The Morgan fingerprint density at radius 2 is 1.66 bits per heavy atom. The van der Waals surface area contributed by atoms with Crippen LogP contribution in [0.3, 0.4) is 0 Å². The van der Waals surface area contributed by atoms with Crippen LogP contribution in [0.1, 0.15) is 45.3 Å². The van der Waals surface area contributed by atoms with Gasteiger partial charge in [-0.25, -0.2) is 0 Å². The van der Waals surface area contributed by atoms with Crippen LogP contribution < -0.4 is 38.6 Å². The maximum Gasteiger partial charge on any atom is 1.00 e. The van der Waals surface area contributed by atoms with Crippen LogP contribution in [0.2, 0.25) is 5.02 Å². The van der Waals surface area contributed by atoms with Crippen molar-refractivity contribution in [3.63, 3.8) is 0 Å². The highest BCUT2D eigenvalue weighted by molar-refractivity contribution is 6.31. The van der Waals surface area contributed by atoms with E-state index in [1.54, 1.807) is 5.57 Å². The topological polar surface area (TPSA) is 225 Å². The summed E-state index contributed by atoms with van der Waals surface area (Å²) in [4.78, 5) is 22.5. The molecule has 1 aromatic heterocycles. The fraction of sp³-hybridized carbons (Fsp3) is 0.435. The second kappa shape index (κ2) is 15.8. The number of nitrogen functional groups attached to an aromatic ring is 1. The number of carbonyl (C=O) groups is 2. The second-order valence-electron chi connectivity index (χ2n) is 8.41. The summed E-state index contributed by atoms with van der Waals surface area (Å²) in [6.45, 7) is 0.974. The zero-order chi connectivity index (χ0) is 30.8. The average molecular weight is 619 g/mol. The third-order valence-corrected chi connectivity index (χ3v) is 5.81. The molecule has 230 valence electrons. The number of hydrogen-bond donors (Lipinski definition) is 5. The van der Waals surface area contributed by atoms with Crippen molar-refractivity contribution in [1.29, 1.82) is 0 Å². The van der Waals surface area contributed by atoms with E-state index in [-0.39, 0.29) is 8.85 Å². The molecule has 2 aromatic rings. The van der Waals surface area contributed by atoms with Crippen LogP contribution in [0.4, 0.5) is 32.0 Å². The highest BCUT2D eigenvalue weighted by Crippen LogP contribution is 2.47. The van der Waals surface area contributed by atoms with Crippen molar-refractivity contribution in [2.24, 2.45) is 22.8 Å². The molecular formula is C23H31ClF6N7O4+. The number of pyridine rings is 1. The van der Waals surface area contributed by atoms with Gasteiger partial charge < -0.3 is 31.3 Å². The fourth-order valence-electron chi connectivity index (χ4n) is 4.20. The van der Waals surface area contributed by atoms with Crippen molar-refractivity contribution in [2.45, 2.75) is 51.4 Å². The Labute approximate surface area is 236 Å². The fourth-order valence-corrected chi connectivity index (χ4v) is 4.37. The molecule has 2 bridgehead atoms. The molecule has 0 saturated heterocycles. The Bertz CT molecular complexity index is 1230. The van der Waals surface area contributed by atoms with Crippen LogP contribution in [0.25, 0.3) is 10.9 Å². The number of aliphatic carboxylic acids is 2. The summed E-state index contributed by atoms with van der Waals surface area (Å²) in [5, 5.41) is 23.9. The molecule has 41 heavy (non-hydrogen) atoms. The summed E-state index contributed by atoms with van der Waals surface area (Å²) < 4.78 is 63.1. The zero-order valence-corrected chi connectivity index (χ0v) is 21.4. The van der Waals surface area contributed by atoms with Crippen LogP contribution >= 0.6 is 11.6 Å². The van der Waals surface area contributed by atoms with Crippen molar-refractivity contribution >= 4 is 40.1 Å². The number of nitrogens with two attached hydrogens (primary N) is 3. The first-order chi connectivity index (χ1) is 18.5. The number of fused-ring (bicyclic) bond motifs is 5. The molecule has 2 atom stereocenters. The monoisotopic (exact) mass is 618 g/mol. The highest BCUT2D eigenvalue weighted by Gasteiger charge is 2.33. The number of carbonyl (C=O) groups excluding carboxylic acids is 2. The molecular weight excluding hydrogens is 588 g/mol. The number of anilines is 1. The number of carboxylic acid groups (broad SMARTS) is 2. The van der Waals surface area contributed by atoms with Crippen molar-refractivity contribution in [1.82, 2.24) is 4.98 Å². The first-order valence-corrected chi connectivity index (χ1v) is 11.6. The number of rotatable bonds is 2. The summed E-state index contributed by atoms with van der Waals surface area (Å²) in [6, 6.07) is 5.82. The largest absolute Gasteiger partial charge is 1.00 e. The van der Waals surface area contributed by atoms with Crippen molar-refractivity contribution < 1.29 is 58.5 Å². The van der Waals surface area contributed by atoms with Gasteiger partial charge in [-0.15, -0.1) is 0 Å². The Morgan fingerprint density at radius 3 is 2.10 bits per heavy atom. The number of halogens is 7. The van der Waals surface area contributed by atoms with Gasteiger partial charge in [0.1, 0.15) is 11.9 Å². The summed E-state index contributed by atoms with van der Waals surface area (Å²) in [7, 11) is 0. The van der Waals surface area contributed by atoms with Crippen LogP contribution in [0.5, 0.6) is 0 Å². The number of aromatic nitrogens is 1. The summed E-state index contributed by atoms with van der Waals surface area (Å²) in [6.07, 6.45) is -3.49. The number of allylic oxidation sites excluding steroid dienone is 1. The minimum Gasteiger partial charge on any atom is -0.542 e. The summed E-state index contributed by atoms with van der Waals surface area (Å²) in [5.74, 6) is 4.02. The number of nitrogens with zero attached hydrogens (tertiary/aromatic N) is 2. The molecule has 0 spiro atoms. The third kappa shape index (κ3) is 11.3. The predicted octanol–water partition coefficient (Wildman–Crippen LogP) is -0.309. The maximum atomic E-state index is 10.5. The van der Waals surface area contributed by atoms with E-state index in [1.165, 1.54) is 17.7 Å². The van der Waals surface area contributed by atoms with E-state index in [0.717, 1.165) is 42.4 Å². The van der Waals surface area contributed by atoms with E-state index in [9.17, 15) is 26.3 Å². The van der Waals surface area contributed by atoms with Gasteiger partial charge in [0.25, 0.3) is 0 Å². The summed E-state index contributed by atoms with van der Waals surface area (Å²) >= 11 is 6.11. The number of hydrogen-bond acceptors (Lipinski definition) is 7.